The monoisotopic (exact) mass is 463 g/mol. The number of nitrogens with zero attached hydrogens (tertiary/aromatic N) is 2. The number of aryl methyl sites for hydroxylation is 1. The molecule has 1 aromatic carbocycles. The van der Waals surface area contributed by atoms with E-state index in [2.05, 4.69) is 5.32 Å². The molecule has 0 aliphatic carbocycles. The first-order valence-electron chi connectivity index (χ1n) is 10.4. The lowest BCUT2D eigenvalue weighted by molar-refractivity contribution is -0.119. The SMILES string of the molecule is CCOC(=O)c1cc(S(=O)(=O)N2CCC[C@@H]2C(=O)Nc2ccc3c(c2)OCCO3)cn1C. The summed E-state index contributed by atoms with van der Waals surface area (Å²) in [6.45, 7) is 2.95. The molecule has 1 aromatic heterocycles. The molecule has 172 valence electrons. The number of hydrogen-bond donors (Lipinski definition) is 1. The Morgan fingerprint density at radius 3 is 2.69 bits per heavy atom. The van der Waals surface area contributed by atoms with Crippen molar-refractivity contribution in [3.05, 3.63) is 36.2 Å². The lowest BCUT2D eigenvalue weighted by Gasteiger charge is -2.23. The van der Waals surface area contributed by atoms with Crippen LogP contribution < -0.4 is 14.8 Å². The van der Waals surface area contributed by atoms with Gasteiger partial charge in [0.25, 0.3) is 0 Å². The van der Waals surface area contributed by atoms with Gasteiger partial charge in [0.1, 0.15) is 29.8 Å². The summed E-state index contributed by atoms with van der Waals surface area (Å²) < 4.78 is 45.1. The predicted molar refractivity (Wildman–Crippen MR) is 114 cm³/mol. The smallest absolute Gasteiger partial charge is 0.354 e. The first-order chi connectivity index (χ1) is 15.3. The number of carbonyl (C=O) groups is 2. The standard InChI is InChI=1S/C21H25N3O7S/c1-3-29-21(26)17-12-15(13-23(17)2)32(27,28)24-8-4-5-16(24)20(25)22-14-6-7-18-19(11-14)31-10-9-30-18/h6-7,11-13,16H,3-5,8-10H2,1-2H3,(H,22,25)/t16-/m1/s1. The highest BCUT2D eigenvalue weighted by atomic mass is 32.2. The zero-order chi connectivity index (χ0) is 22.9. The number of nitrogens with one attached hydrogen (secondary N) is 1. The molecule has 1 amide bonds. The van der Waals surface area contributed by atoms with Crippen molar-refractivity contribution in [1.29, 1.82) is 0 Å². The maximum atomic E-state index is 13.3. The van der Waals surface area contributed by atoms with Crippen molar-refractivity contribution in [1.82, 2.24) is 8.87 Å². The average molecular weight is 464 g/mol. The molecule has 1 atom stereocenters. The predicted octanol–water partition coefficient (Wildman–Crippen LogP) is 1.76. The van der Waals surface area contributed by atoms with Crippen molar-refractivity contribution >= 4 is 27.6 Å². The highest BCUT2D eigenvalue weighted by Gasteiger charge is 2.40. The summed E-state index contributed by atoms with van der Waals surface area (Å²) in [5.74, 6) is 0.0941. The van der Waals surface area contributed by atoms with Crippen LogP contribution in [0.3, 0.4) is 0 Å². The maximum Gasteiger partial charge on any atom is 0.354 e. The molecule has 0 saturated carbocycles. The molecule has 0 bridgehead atoms. The Bertz CT molecular complexity index is 1140. The van der Waals surface area contributed by atoms with Gasteiger partial charge < -0.3 is 24.1 Å². The number of benzene rings is 1. The number of fused-ring (bicyclic) bond motifs is 1. The molecule has 11 heteroatoms. The molecule has 4 rings (SSSR count). The van der Waals surface area contributed by atoms with Crippen molar-refractivity contribution in [2.24, 2.45) is 7.05 Å². The van der Waals surface area contributed by atoms with E-state index in [1.807, 2.05) is 0 Å². The van der Waals surface area contributed by atoms with E-state index >= 15 is 0 Å². The van der Waals surface area contributed by atoms with Crippen LogP contribution in [0.1, 0.15) is 30.3 Å². The molecule has 1 N–H and O–H groups in total. The van der Waals surface area contributed by atoms with Crippen LogP contribution in [0.4, 0.5) is 5.69 Å². The topological polar surface area (TPSA) is 116 Å². The molecule has 3 heterocycles. The second-order valence-corrected chi connectivity index (χ2v) is 9.40. The first kappa shape index (κ1) is 22.2. The Kier molecular flexibility index (Phi) is 6.11. The van der Waals surface area contributed by atoms with Gasteiger partial charge in [-0.2, -0.15) is 4.31 Å². The minimum absolute atomic E-state index is 0.0536. The normalized spacial score (nSPS) is 18.4. The van der Waals surface area contributed by atoms with E-state index in [0.29, 0.717) is 43.2 Å². The molecule has 0 radical (unpaired) electrons. The number of aromatic nitrogens is 1. The minimum atomic E-state index is -3.99. The summed E-state index contributed by atoms with van der Waals surface area (Å²) in [6, 6.07) is 5.46. The van der Waals surface area contributed by atoms with Gasteiger partial charge in [0, 0.05) is 31.5 Å². The van der Waals surface area contributed by atoms with Gasteiger partial charge >= 0.3 is 5.97 Å². The molecular formula is C21H25N3O7S. The second kappa shape index (κ2) is 8.83. The zero-order valence-corrected chi connectivity index (χ0v) is 18.7. The summed E-state index contributed by atoms with van der Waals surface area (Å²) in [4.78, 5) is 25.0. The van der Waals surface area contributed by atoms with Crippen molar-refractivity contribution in [3.8, 4) is 11.5 Å². The van der Waals surface area contributed by atoms with Crippen LogP contribution >= 0.6 is 0 Å². The van der Waals surface area contributed by atoms with E-state index in [4.69, 9.17) is 14.2 Å². The molecule has 32 heavy (non-hydrogen) atoms. The Morgan fingerprint density at radius 1 is 1.19 bits per heavy atom. The van der Waals surface area contributed by atoms with Crippen LogP contribution in [-0.2, 0) is 26.6 Å². The molecular weight excluding hydrogens is 438 g/mol. The van der Waals surface area contributed by atoms with Gasteiger partial charge in [0.2, 0.25) is 15.9 Å². The van der Waals surface area contributed by atoms with Crippen LogP contribution in [0.5, 0.6) is 11.5 Å². The van der Waals surface area contributed by atoms with Crippen molar-refractivity contribution in [2.45, 2.75) is 30.7 Å². The fourth-order valence-corrected chi connectivity index (χ4v) is 5.58. The van der Waals surface area contributed by atoms with Gasteiger partial charge in [0.15, 0.2) is 11.5 Å². The molecule has 1 saturated heterocycles. The zero-order valence-electron chi connectivity index (χ0n) is 17.9. The number of amides is 1. The number of esters is 1. The molecule has 1 fully saturated rings. The third kappa shape index (κ3) is 4.17. The molecule has 2 aliphatic heterocycles. The van der Waals surface area contributed by atoms with E-state index in [-0.39, 0.29) is 23.7 Å². The van der Waals surface area contributed by atoms with Crippen molar-refractivity contribution < 1.29 is 32.2 Å². The lowest BCUT2D eigenvalue weighted by Crippen LogP contribution is -2.43. The first-order valence-corrected chi connectivity index (χ1v) is 11.8. The number of ether oxygens (including phenoxy) is 3. The molecule has 2 aliphatic rings. The molecule has 0 spiro atoms. The quantitative estimate of drug-likeness (QED) is 0.649. The van der Waals surface area contributed by atoms with Crippen LogP contribution in [0, 0.1) is 0 Å². The largest absolute Gasteiger partial charge is 0.486 e. The maximum absolute atomic E-state index is 13.3. The van der Waals surface area contributed by atoms with E-state index < -0.39 is 27.9 Å². The third-order valence-corrected chi connectivity index (χ3v) is 7.26. The molecule has 10 nitrogen and oxygen atoms in total. The van der Waals surface area contributed by atoms with Crippen molar-refractivity contribution in [2.75, 3.05) is 31.7 Å². The summed E-state index contributed by atoms with van der Waals surface area (Å²) in [7, 11) is -2.42. The number of carbonyl (C=O) groups excluding carboxylic acids is 2. The number of rotatable bonds is 6. The van der Waals surface area contributed by atoms with E-state index in [1.54, 1.807) is 32.2 Å². The van der Waals surface area contributed by atoms with Gasteiger partial charge in [-0.1, -0.05) is 0 Å². The van der Waals surface area contributed by atoms with Gasteiger partial charge in [-0.25, -0.2) is 13.2 Å². The van der Waals surface area contributed by atoms with Crippen LogP contribution in [0.2, 0.25) is 0 Å². The second-order valence-electron chi connectivity index (χ2n) is 7.51. The summed E-state index contributed by atoms with van der Waals surface area (Å²) in [5.41, 5.74) is 0.620. The average Bonchev–Trinajstić information content (AvgIpc) is 3.42. The van der Waals surface area contributed by atoms with E-state index in [9.17, 15) is 18.0 Å². The Balaban J connectivity index is 1.53. The van der Waals surface area contributed by atoms with Crippen LogP contribution in [0.15, 0.2) is 35.4 Å². The highest BCUT2D eigenvalue weighted by Crippen LogP contribution is 2.33. The fourth-order valence-electron chi connectivity index (χ4n) is 3.86. The van der Waals surface area contributed by atoms with Gasteiger partial charge in [0.05, 0.1) is 6.61 Å². The number of hydrogen-bond acceptors (Lipinski definition) is 7. The fraction of sp³-hybridized carbons (Fsp3) is 0.429. The van der Waals surface area contributed by atoms with Gasteiger partial charge in [-0.15, -0.1) is 0 Å². The molecule has 0 unspecified atom stereocenters. The Morgan fingerprint density at radius 2 is 1.94 bits per heavy atom. The lowest BCUT2D eigenvalue weighted by atomic mass is 10.2. The van der Waals surface area contributed by atoms with E-state index in [1.165, 1.54) is 21.1 Å². The highest BCUT2D eigenvalue weighted by molar-refractivity contribution is 7.89. The van der Waals surface area contributed by atoms with Crippen molar-refractivity contribution in [3.63, 3.8) is 0 Å². The molecule has 2 aromatic rings. The van der Waals surface area contributed by atoms with E-state index in [0.717, 1.165) is 0 Å². The van der Waals surface area contributed by atoms with Crippen LogP contribution in [-0.4, -0.2) is 61.6 Å². The Hall–Kier alpha value is -3.05. The third-order valence-electron chi connectivity index (χ3n) is 5.39. The van der Waals surface area contributed by atoms with Gasteiger partial charge in [-0.3, -0.25) is 4.79 Å². The summed E-state index contributed by atoms with van der Waals surface area (Å²) in [5, 5.41) is 2.78. The minimum Gasteiger partial charge on any atom is -0.486 e. The summed E-state index contributed by atoms with van der Waals surface area (Å²) >= 11 is 0. The number of anilines is 1. The Labute approximate surface area is 186 Å². The van der Waals surface area contributed by atoms with Crippen LogP contribution in [0.25, 0.3) is 0 Å². The number of sulfonamides is 1. The summed E-state index contributed by atoms with van der Waals surface area (Å²) in [6.07, 6.45) is 2.30. The van der Waals surface area contributed by atoms with Gasteiger partial charge in [-0.05, 0) is 38.0 Å².